The van der Waals surface area contributed by atoms with E-state index in [4.69, 9.17) is 5.73 Å². The number of pyridine rings is 1. The Kier molecular flexibility index (Phi) is 1.69. The van der Waals surface area contributed by atoms with Gasteiger partial charge in [0.25, 0.3) is 0 Å². The van der Waals surface area contributed by atoms with Crippen molar-refractivity contribution in [2.75, 3.05) is 0 Å². The molecule has 2 aromatic heterocycles. The molecule has 3 aromatic rings. The van der Waals surface area contributed by atoms with Gasteiger partial charge >= 0.3 is 0 Å². The Labute approximate surface area is 86.3 Å². The molecule has 15 heavy (non-hydrogen) atoms. The lowest BCUT2D eigenvalue weighted by atomic mass is 10.2. The summed E-state index contributed by atoms with van der Waals surface area (Å²) >= 11 is 0. The third kappa shape index (κ3) is 1.12. The maximum absolute atomic E-state index is 5.63. The SMILES string of the molecule is NCc1nnc2ccc3ccccc3n12. The number of nitrogens with zero attached hydrogens (tertiary/aromatic N) is 3. The molecule has 0 atom stereocenters. The zero-order valence-electron chi connectivity index (χ0n) is 8.09. The number of rotatable bonds is 1. The highest BCUT2D eigenvalue weighted by atomic mass is 15.3. The third-order valence-corrected chi connectivity index (χ3v) is 2.53. The van der Waals surface area contributed by atoms with E-state index in [9.17, 15) is 0 Å². The van der Waals surface area contributed by atoms with E-state index in [1.54, 1.807) is 0 Å². The molecule has 0 radical (unpaired) electrons. The van der Waals surface area contributed by atoms with Crippen LogP contribution < -0.4 is 5.73 Å². The molecule has 2 N–H and O–H groups in total. The minimum atomic E-state index is 0.398. The quantitative estimate of drug-likeness (QED) is 0.642. The average Bonchev–Trinajstić information content (AvgIpc) is 2.72. The lowest BCUT2D eigenvalue weighted by Crippen LogP contribution is -2.03. The van der Waals surface area contributed by atoms with E-state index >= 15 is 0 Å². The van der Waals surface area contributed by atoms with Crippen LogP contribution >= 0.6 is 0 Å². The summed E-state index contributed by atoms with van der Waals surface area (Å²) in [6, 6.07) is 12.1. The van der Waals surface area contributed by atoms with Gasteiger partial charge in [-0.1, -0.05) is 18.2 Å². The summed E-state index contributed by atoms with van der Waals surface area (Å²) in [5.41, 5.74) is 7.57. The fraction of sp³-hybridized carbons (Fsp3) is 0.0909. The van der Waals surface area contributed by atoms with E-state index < -0.39 is 0 Å². The van der Waals surface area contributed by atoms with Crippen molar-refractivity contribution in [1.82, 2.24) is 14.6 Å². The first-order chi connectivity index (χ1) is 7.40. The second kappa shape index (κ2) is 3.03. The maximum Gasteiger partial charge on any atom is 0.161 e. The van der Waals surface area contributed by atoms with Gasteiger partial charge in [-0.05, 0) is 23.6 Å². The topological polar surface area (TPSA) is 56.2 Å². The molecular weight excluding hydrogens is 188 g/mol. The molecule has 0 bridgehead atoms. The summed E-state index contributed by atoms with van der Waals surface area (Å²) < 4.78 is 2.00. The molecule has 4 heteroatoms. The standard InChI is InChI=1S/C11H10N4/c12-7-11-14-13-10-6-5-8-3-1-2-4-9(8)15(10)11/h1-6H,7,12H2. The molecule has 0 saturated heterocycles. The molecule has 0 saturated carbocycles. The van der Waals surface area contributed by atoms with E-state index in [1.807, 2.05) is 34.7 Å². The summed E-state index contributed by atoms with van der Waals surface area (Å²) in [4.78, 5) is 0. The number of nitrogens with two attached hydrogens (primary N) is 1. The van der Waals surface area contributed by atoms with Gasteiger partial charge in [-0.2, -0.15) is 0 Å². The molecule has 4 nitrogen and oxygen atoms in total. The first-order valence-electron chi connectivity index (χ1n) is 4.82. The van der Waals surface area contributed by atoms with Crippen LogP contribution in [0, 0.1) is 0 Å². The second-order valence-electron chi connectivity index (χ2n) is 3.41. The van der Waals surface area contributed by atoms with Crippen LogP contribution in [0.5, 0.6) is 0 Å². The predicted molar refractivity (Wildman–Crippen MR) is 58.4 cm³/mol. The summed E-state index contributed by atoms with van der Waals surface area (Å²) in [7, 11) is 0. The number of hydrogen-bond donors (Lipinski definition) is 1. The molecular formula is C11H10N4. The van der Waals surface area contributed by atoms with Gasteiger partial charge in [0.15, 0.2) is 11.5 Å². The molecule has 0 fully saturated rings. The van der Waals surface area contributed by atoms with E-state index in [0.29, 0.717) is 6.54 Å². The fourth-order valence-electron chi connectivity index (χ4n) is 1.83. The van der Waals surface area contributed by atoms with E-state index in [2.05, 4.69) is 16.3 Å². The van der Waals surface area contributed by atoms with E-state index in [-0.39, 0.29) is 0 Å². The van der Waals surface area contributed by atoms with Gasteiger partial charge in [0.1, 0.15) is 0 Å². The lowest BCUT2D eigenvalue weighted by molar-refractivity contribution is 0.894. The highest BCUT2D eigenvalue weighted by molar-refractivity contribution is 5.81. The van der Waals surface area contributed by atoms with Crippen molar-refractivity contribution in [2.24, 2.45) is 5.73 Å². The summed E-state index contributed by atoms with van der Waals surface area (Å²) in [6.45, 7) is 0.398. The van der Waals surface area contributed by atoms with Crippen LogP contribution in [0.15, 0.2) is 36.4 Å². The van der Waals surface area contributed by atoms with Gasteiger partial charge in [0.2, 0.25) is 0 Å². The van der Waals surface area contributed by atoms with Gasteiger partial charge in [-0.25, -0.2) is 0 Å². The van der Waals surface area contributed by atoms with Gasteiger partial charge in [-0.3, -0.25) is 4.40 Å². The highest BCUT2D eigenvalue weighted by Gasteiger charge is 2.05. The molecule has 0 aliphatic heterocycles. The Balaban J connectivity index is 2.56. The number of benzene rings is 1. The zero-order valence-corrected chi connectivity index (χ0v) is 8.09. The number of aromatic nitrogens is 3. The minimum Gasteiger partial charge on any atom is -0.324 e. The summed E-state index contributed by atoms with van der Waals surface area (Å²) in [6.07, 6.45) is 0. The van der Waals surface area contributed by atoms with Gasteiger partial charge < -0.3 is 5.73 Å². The smallest absolute Gasteiger partial charge is 0.161 e. The monoisotopic (exact) mass is 198 g/mol. The average molecular weight is 198 g/mol. The number of para-hydroxylation sites is 1. The van der Waals surface area contributed by atoms with Crippen LogP contribution in [0.2, 0.25) is 0 Å². The Bertz CT molecular complexity index is 627. The summed E-state index contributed by atoms with van der Waals surface area (Å²) in [5, 5.41) is 9.29. The van der Waals surface area contributed by atoms with Crippen LogP contribution in [0.1, 0.15) is 5.82 Å². The first kappa shape index (κ1) is 8.38. The molecule has 2 heterocycles. The molecule has 0 unspecified atom stereocenters. The van der Waals surface area contributed by atoms with Gasteiger partial charge in [0, 0.05) is 0 Å². The normalized spacial score (nSPS) is 11.3. The van der Waals surface area contributed by atoms with Crippen LogP contribution in [-0.2, 0) is 6.54 Å². The molecule has 1 aromatic carbocycles. The lowest BCUT2D eigenvalue weighted by Gasteiger charge is -2.02. The molecule has 0 spiro atoms. The van der Waals surface area contributed by atoms with Crippen LogP contribution in [0.3, 0.4) is 0 Å². The Hall–Kier alpha value is -1.94. The summed E-state index contributed by atoms with van der Waals surface area (Å²) in [5.74, 6) is 0.793. The first-order valence-corrected chi connectivity index (χ1v) is 4.82. The molecule has 3 rings (SSSR count). The number of fused-ring (bicyclic) bond motifs is 3. The van der Waals surface area contributed by atoms with Crippen molar-refractivity contribution >= 4 is 16.6 Å². The largest absolute Gasteiger partial charge is 0.324 e. The molecule has 74 valence electrons. The molecule has 0 aliphatic carbocycles. The number of hydrogen-bond acceptors (Lipinski definition) is 3. The van der Waals surface area contributed by atoms with E-state index in [1.165, 1.54) is 5.39 Å². The van der Waals surface area contributed by atoms with Crippen LogP contribution in [0.25, 0.3) is 16.6 Å². The Morgan fingerprint density at radius 1 is 1.07 bits per heavy atom. The zero-order chi connectivity index (χ0) is 10.3. The van der Waals surface area contributed by atoms with Crippen molar-refractivity contribution < 1.29 is 0 Å². The van der Waals surface area contributed by atoms with Crippen molar-refractivity contribution in [3.8, 4) is 0 Å². The van der Waals surface area contributed by atoms with Crippen molar-refractivity contribution in [3.63, 3.8) is 0 Å². The van der Waals surface area contributed by atoms with Crippen molar-refractivity contribution in [2.45, 2.75) is 6.54 Å². The third-order valence-electron chi connectivity index (χ3n) is 2.53. The molecule has 0 amide bonds. The second-order valence-corrected chi connectivity index (χ2v) is 3.41. The Morgan fingerprint density at radius 3 is 2.80 bits per heavy atom. The van der Waals surface area contributed by atoms with Crippen LogP contribution in [-0.4, -0.2) is 14.6 Å². The predicted octanol–water partition coefficient (Wildman–Crippen LogP) is 1.34. The van der Waals surface area contributed by atoms with Crippen molar-refractivity contribution in [3.05, 3.63) is 42.2 Å². The van der Waals surface area contributed by atoms with Gasteiger partial charge in [0.05, 0.1) is 12.1 Å². The van der Waals surface area contributed by atoms with Crippen molar-refractivity contribution in [1.29, 1.82) is 0 Å². The van der Waals surface area contributed by atoms with Gasteiger partial charge in [-0.15, -0.1) is 10.2 Å². The van der Waals surface area contributed by atoms with Crippen LogP contribution in [0.4, 0.5) is 0 Å². The fourth-order valence-corrected chi connectivity index (χ4v) is 1.83. The highest BCUT2D eigenvalue weighted by Crippen LogP contribution is 2.16. The minimum absolute atomic E-state index is 0.398. The Morgan fingerprint density at radius 2 is 1.93 bits per heavy atom. The molecule has 0 aliphatic rings. The van der Waals surface area contributed by atoms with E-state index in [0.717, 1.165) is 17.0 Å². The maximum atomic E-state index is 5.63.